The third-order valence-electron chi connectivity index (χ3n) is 5.19. The van der Waals surface area contributed by atoms with Gasteiger partial charge in [-0.3, -0.25) is 9.69 Å². The van der Waals surface area contributed by atoms with Gasteiger partial charge in [-0.15, -0.1) is 0 Å². The van der Waals surface area contributed by atoms with Crippen molar-refractivity contribution >= 4 is 5.91 Å². The highest BCUT2D eigenvalue weighted by molar-refractivity contribution is 5.93. The van der Waals surface area contributed by atoms with E-state index < -0.39 is 0 Å². The number of rotatable bonds is 5. The molecule has 4 heteroatoms. The summed E-state index contributed by atoms with van der Waals surface area (Å²) < 4.78 is 0. The summed E-state index contributed by atoms with van der Waals surface area (Å²) in [6.07, 6.45) is 2.09. The van der Waals surface area contributed by atoms with Crippen LogP contribution in [0.1, 0.15) is 34.3 Å². The van der Waals surface area contributed by atoms with Crippen LogP contribution in [0.25, 0.3) is 0 Å². The van der Waals surface area contributed by atoms with E-state index in [1.807, 2.05) is 42.5 Å². The van der Waals surface area contributed by atoms with Crippen LogP contribution in [0.3, 0.4) is 0 Å². The van der Waals surface area contributed by atoms with Gasteiger partial charge in [-0.25, -0.2) is 0 Å². The second-order valence-electron chi connectivity index (χ2n) is 6.89. The minimum Gasteiger partial charge on any atom is -0.395 e. The van der Waals surface area contributed by atoms with Crippen LogP contribution in [-0.2, 0) is 12.0 Å². The van der Waals surface area contributed by atoms with Crippen LogP contribution in [0.4, 0.5) is 0 Å². The predicted octanol–water partition coefficient (Wildman–Crippen LogP) is 2.57. The minimum absolute atomic E-state index is 0.0621. The Balaban J connectivity index is 1.72. The Morgan fingerprint density at radius 3 is 2.52 bits per heavy atom. The highest BCUT2D eigenvalue weighted by atomic mass is 16.3. The molecule has 1 aliphatic rings. The van der Waals surface area contributed by atoms with E-state index in [1.54, 1.807) is 7.05 Å². The monoisotopic (exact) mass is 338 g/mol. The number of nitrogens with zero attached hydrogens (tertiary/aromatic N) is 1. The van der Waals surface area contributed by atoms with E-state index >= 15 is 0 Å². The van der Waals surface area contributed by atoms with Crippen LogP contribution in [0.5, 0.6) is 0 Å². The average molecular weight is 338 g/mol. The molecule has 132 valence electrons. The number of nitrogens with one attached hydrogen (secondary N) is 1. The standard InChI is InChI=1S/C21H26N2O2/c1-22-20(25)18-10-8-17(9-11-18)14-23-13-5-12-21(15-23,16-24)19-6-3-2-4-7-19/h2-4,6-11,24H,5,12-16H2,1H3,(H,22,25). The van der Waals surface area contributed by atoms with E-state index in [9.17, 15) is 9.90 Å². The molecule has 1 aliphatic heterocycles. The van der Waals surface area contributed by atoms with Gasteiger partial charge in [0.25, 0.3) is 5.91 Å². The zero-order valence-corrected chi connectivity index (χ0v) is 14.7. The Labute approximate surface area is 149 Å². The lowest BCUT2D eigenvalue weighted by Gasteiger charge is -2.42. The van der Waals surface area contributed by atoms with E-state index in [0.717, 1.165) is 32.5 Å². The van der Waals surface area contributed by atoms with Crippen LogP contribution in [0.15, 0.2) is 54.6 Å². The van der Waals surface area contributed by atoms with Crippen molar-refractivity contribution in [3.8, 4) is 0 Å². The Hall–Kier alpha value is -2.17. The van der Waals surface area contributed by atoms with Gasteiger partial charge in [0.05, 0.1) is 6.61 Å². The quantitative estimate of drug-likeness (QED) is 0.881. The normalized spacial score (nSPS) is 21.0. The van der Waals surface area contributed by atoms with Crippen LogP contribution < -0.4 is 5.32 Å². The Bertz CT molecular complexity index is 700. The summed E-state index contributed by atoms with van der Waals surface area (Å²) in [5, 5.41) is 12.8. The zero-order valence-electron chi connectivity index (χ0n) is 14.7. The summed E-state index contributed by atoms with van der Waals surface area (Å²) in [5.41, 5.74) is 2.91. The summed E-state index contributed by atoms with van der Waals surface area (Å²) in [6, 6.07) is 18.1. The number of carbonyl (C=O) groups is 1. The lowest BCUT2D eigenvalue weighted by atomic mass is 9.74. The molecule has 1 amide bonds. The molecule has 2 aromatic rings. The number of benzene rings is 2. The van der Waals surface area contributed by atoms with Gasteiger partial charge in [-0.1, -0.05) is 42.5 Å². The predicted molar refractivity (Wildman–Crippen MR) is 99.5 cm³/mol. The van der Waals surface area contributed by atoms with Gasteiger partial charge >= 0.3 is 0 Å². The highest BCUT2D eigenvalue weighted by Crippen LogP contribution is 2.34. The molecule has 0 spiro atoms. The third kappa shape index (κ3) is 3.91. The molecule has 0 radical (unpaired) electrons. The molecule has 1 heterocycles. The van der Waals surface area contributed by atoms with Crippen molar-refractivity contribution in [2.24, 2.45) is 0 Å². The first kappa shape index (κ1) is 17.6. The Morgan fingerprint density at radius 1 is 1.16 bits per heavy atom. The first-order chi connectivity index (χ1) is 12.2. The van der Waals surface area contributed by atoms with E-state index in [-0.39, 0.29) is 17.9 Å². The van der Waals surface area contributed by atoms with Crippen molar-refractivity contribution in [2.75, 3.05) is 26.7 Å². The maximum Gasteiger partial charge on any atom is 0.251 e. The number of carbonyl (C=O) groups excluding carboxylic acids is 1. The third-order valence-corrected chi connectivity index (χ3v) is 5.19. The second-order valence-corrected chi connectivity index (χ2v) is 6.89. The fourth-order valence-electron chi connectivity index (χ4n) is 3.77. The first-order valence-corrected chi connectivity index (χ1v) is 8.87. The van der Waals surface area contributed by atoms with E-state index in [0.29, 0.717) is 5.56 Å². The summed E-state index contributed by atoms with van der Waals surface area (Å²) in [4.78, 5) is 14.1. The van der Waals surface area contributed by atoms with E-state index in [4.69, 9.17) is 0 Å². The summed E-state index contributed by atoms with van der Waals surface area (Å²) in [6.45, 7) is 2.89. The Morgan fingerprint density at radius 2 is 1.88 bits per heavy atom. The molecular formula is C21H26N2O2. The smallest absolute Gasteiger partial charge is 0.251 e. The van der Waals surface area contributed by atoms with E-state index in [1.165, 1.54) is 11.1 Å². The van der Waals surface area contributed by atoms with Gasteiger partial charge in [-0.05, 0) is 42.6 Å². The average Bonchev–Trinajstić information content (AvgIpc) is 2.68. The number of likely N-dealkylation sites (tertiary alicyclic amines) is 1. The van der Waals surface area contributed by atoms with Crippen LogP contribution in [0.2, 0.25) is 0 Å². The van der Waals surface area contributed by atoms with Crippen LogP contribution in [-0.4, -0.2) is 42.7 Å². The van der Waals surface area contributed by atoms with Crippen molar-refractivity contribution in [2.45, 2.75) is 24.8 Å². The van der Waals surface area contributed by atoms with Gasteiger partial charge < -0.3 is 10.4 Å². The molecule has 0 aromatic heterocycles. The van der Waals surface area contributed by atoms with Gasteiger partial charge in [-0.2, -0.15) is 0 Å². The molecule has 25 heavy (non-hydrogen) atoms. The van der Waals surface area contributed by atoms with Gasteiger partial charge in [0.2, 0.25) is 0 Å². The maximum atomic E-state index is 11.6. The lowest BCUT2D eigenvalue weighted by molar-refractivity contribution is 0.0850. The number of piperidine rings is 1. The topological polar surface area (TPSA) is 52.6 Å². The largest absolute Gasteiger partial charge is 0.395 e. The molecular weight excluding hydrogens is 312 g/mol. The maximum absolute atomic E-state index is 11.6. The van der Waals surface area contributed by atoms with Crippen molar-refractivity contribution in [3.63, 3.8) is 0 Å². The van der Waals surface area contributed by atoms with Gasteiger partial charge in [0.1, 0.15) is 0 Å². The summed E-state index contributed by atoms with van der Waals surface area (Å²) in [7, 11) is 1.64. The van der Waals surface area contributed by atoms with Gasteiger partial charge in [0.15, 0.2) is 0 Å². The molecule has 3 rings (SSSR count). The molecule has 1 fully saturated rings. The van der Waals surface area contributed by atoms with E-state index in [2.05, 4.69) is 22.3 Å². The fourth-order valence-corrected chi connectivity index (χ4v) is 3.77. The van der Waals surface area contributed by atoms with Crippen LogP contribution >= 0.6 is 0 Å². The highest BCUT2D eigenvalue weighted by Gasteiger charge is 2.36. The number of aliphatic hydroxyl groups is 1. The lowest BCUT2D eigenvalue weighted by Crippen LogP contribution is -2.47. The molecule has 0 saturated carbocycles. The zero-order chi connectivity index (χ0) is 17.7. The second kappa shape index (κ2) is 7.81. The molecule has 4 nitrogen and oxygen atoms in total. The van der Waals surface area contributed by atoms with Gasteiger partial charge in [0, 0.05) is 31.1 Å². The Kier molecular flexibility index (Phi) is 5.51. The van der Waals surface area contributed by atoms with Crippen molar-refractivity contribution in [3.05, 3.63) is 71.3 Å². The van der Waals surface area contributed by atoms with Crippen molar-refractivity contribution < 1.29 is 9.90 Å². The van der Waals surface area contributed by atoms with Crippen molar-refractivity contribution in [1.29, 1.82) is 0 Å². The molecule has 0 bridgehead atoms. The van der Waals surface area contributed by atoms with Crippen LogP contribution in [0, 0.1) is 0 Å². The first-order valence-electron chi connectivity index (χ1n) is 8.87. The number of amides is 1. The molecule has 1 saturated heterocycles. The summed E-state index contributed by atoms with van der Waals surface area (Å²) >= 11 is 0. The molecule has 1 atom stereocenters. The molecule has 2 N–H and O–H groups in total. The SMILES string of the molecule is CNC(=O)c1ccc(CN2CCCC(CO)(c3ccccc3)C2)cc1. The summed E-state index contributed by atoms with van der Waals surface area (Å²) in [5.74, 6) is -0.0621. The molecule has 2 aromatic carbocycles. The number of hydrogen-bond acceptors (Lipinski definition) is 3. The number of aliphatic hydroxyl groups excluding tert-OH is 1. The fraction of sp³-hybridized carbons (Fsp3) is 0.381. The molecule has 1 unspecified atom stereocenters. The molecule has 0 aliphatic carbocycles. The minimum atomic E-state index is -0.179. The number of hydrogen-bond donors (Lipinski definition) is 2. The van der Waals surface area contributed by atoms with Crippen molar-refractivity contribution in [1.82, 2.24) is 10.2 Å².